The fourth-order valence-corrected chi connectivity index (χ4v) is 4.34. The molecule has 0 amide bonds. The van der Waals surface area contributed by atoms with Gasteiger partial charge in [0.15, 0.2) is 11.5 Å². The molecule has 0 fully saturated rings. The normalized spacial score (nSPS) is 9.80. The zero-order valence-electron chi connectivity index (χ0n) is 16.0. The molecule has 9 heteroatoms. The van der Waals surface area contributed by atoms with Gasteiger partial charge in [-0.2, -0.15) is 13.8 Å². The van der Waals surface area contributed by atoms with Crippen LogP contribution in [-0.2, 0) is 26.2 Å². The van der Waals surface area contributed by atoms with E-state index in [4.69, 9.17) is 23.2 Å². The van der Waals surface area contributed by atoms with E-state index in [0.717, 1.165) is 10.8 Å². The molecule has 2 heterocycles. The molecule has 156 valence electrons. The molecule has 30 heavy (non-hydrogen) atoms. The molecular weight excluding hydrogens is 728 g/mol. The number of phenolic OH excluding ortho intramolecular Hbond substituents is 2. The second-order valence-electron chi connectivity index (χ2n) is 5.75. The van der Waals surface area contributed by atoms with Crippen molar-refractivity contribution in [2.75, 3.05) is 0 Å². The third-order valence-electron chi connectivity index (χ3n) is 3.54. The summed E-state index contributed by atoms with van der Waals surface area (Å²) in [4.78, 5) is 8.13. The van der Waals surface area contributed by atoms with E-state index < -0.39 is 0 Å². The van der Waals surface area contributed by atoms with Crippen molar-refractivity contribution in [2.45, 2.75) is 13.8 Å². The number of hydrogen-bond acceptors (Lipinski definition) is 4. The van der Waals surface area contributed by atoms with Gasteiger partial charge < -0.3 is 16.6 Å². The van der Waals surface area contributed by atoms with Gasteiger partial charge in [-0.05, 0) is 81.6 Å². The minimum atomic E-state index is 0. The van der Waals surface area contributed by atoms with Crippen LogP contribution in [0.3, 0.4) is 0 Å². The number of phenols is 2. The van der Waals surface area contributed by atoms with Crippen molar-refractivity contribution in [3.63, 3.8) is 0 Å². The molecular formula is C21H17Cl2I2N2O2Zr-. The Labute approximate surface area is 231 Å². The van der Waals surface area contributed by atoms with Gasteiger partial charge in [-0.1, -0.05) is 23.2 Å². The summed E-state index contributed by atoms with van der Waals surface area (Å²) in [6, 6.07) is 10.7. The third-order valence-corrected chi connectivity index (χ3v) is 5.81. The first kappa shape index (κ1) is 27.8. The Bertz CT molecular complexity index is 1060. The monoisotopic (exact) mass is 743 g/mol. The van der Waals surface area contributed by atoms with Crippen LogP contribution in [0.1, 0.15) is 13.8 Å². The zero-order valence-corrected chi connectivity index (χ0v) is 24.3. The number of fused-ring (bicyclic) bond motifs is 2. The quantitative estimate of drug-likeness (QED) is 0.144. The number of nitrogens with zero attached hydrogens (tertiary/aromatic N) is 2. The van der Waals surface area contributed by atoms with Gasteiger partial charge >= 0.3 is 0 Å². The van der Waals surface area contributed by atoms with Crippen LogP contribution in [0.15, 0.2) is 48.8 Å². The van der Waals surface area contributed by atoms with Crippen molar-refractivity contribution in [1.82, 2.24) is 9.97 Å². The standard InChI is InChI=1S/2C9H5ClINO.C3H7.Zr/c2*10-6-4-7(11)9(13)8-5(6)2-1-3-12-8;1-3-2;/h2*1-4,13H;3H,1-2H3;/q;;-1;. The molecule has 0 saturated carbocycles. The molecule has 0 unspecified atom stereocenters. The molecule has 2 N–H and O–H groups in total. The average Bonchev–Trinajstić information content (AvgIpc) is 2.72. The van der Waals surface area contributed by atoms with Gasteiger partial charge in [-0.3, -0.25) is 9.97 Å². The first-order valence-corrected chi connectivity index (χ1v) is 11.3. The van der Waals surface area contributed by atoms with Gasteiger partial charge in [-0.25, -0.2) is 0 Å². The Kier molecular flexibility index (Phi) is 12.4. The summed E-state index contributed by atoms with van der Waals surface area (Å²) in [7, 11) is 0. The molecule has 0 aliphatic carbocycles. The number of aromatic nitrogens is 2. The van der Waals surface area contributed by atoms with E-state index >= 15 is 0 Å². The van der Waals surface area contributed by atoms with Gasteiger partial charge in [0.2, 0.25) is 0 Å². The third kappa shape index (κ3) is 6.89. The van der Waals surface area contributed by atoms with E-state index in [1.165, 1.54) is 0 Å². The van der Waals surface area contributed by atoms with E-state index in [9.17, 15) is 10.2 Å². The molecule has 0 radical (unpaired) electrons. The van der Waals surface area contributed by atoms with Crippen LogP contribution in [0, 0.1) is 13.6 Å². The largest absolute Gasteiger partial charge is 0.505 e. The molecule has 0 spiro atoms. The van der Waals surface area contributed by atoms with Crippen LogP contribution < -0.4 is 0 Å². The second-order valence-corrected chi connectivity index (χ2v) is 8.89. The first-order chi connectivity index (χ1) is 13.8. The number of halogens is 4. The van der Waals surface area contributed by atoms with Gasteiger partial charge in [0, 0.05) is 49.4 Å². The topological polar surface area (TPSA) is 66.2 Å². The second kappa shape index (κ2) is 13.4. The fraction of sp³-hybridized carbons (Fsp3) is 0.0952. The average molecular weight is 745 g/mol. The molecule has 0 atom stereocenters. The summed E-state index contributed by atoms with van der Waals surface area (Å²) in [6.45, 7) is 4.00. The minimum absolute atomic E-state index is 0. The Morgan fingerprint density at radius 2 is 1.13 bits per heavy atom. The van der Waals surface area contributed by atoms with Crippen LogP contribution in [0.25, 0.3) is 21.8 Å². The predicted octanol–water partition coefficient (Wildman–Crippen LogP) is 7.62. The fourth-order valence-electron chi connectivity index (χ4n) is 2.31. The first-order valence-electron chi connectivity index (χ1n) is 8.39. The van der Waals surface area contributed by atoms with E-state index in [-0.39, 0.29) is 37.7 Å². The van der Waals surface area contributed by atoms with Crippen LogP contribution in [0.4, 0.5) is 0 Å². The van der Waals surface area contributed by atoms with Crippen molar-refractivity contribution in [1.29, 1.82) is 0 Å². The van der Waals surface area contributed by atoms with E-state index in [2.05, 4.69) is 9.97 Å². The predicted molar refractivity (Wildman–Crippen MR) is 138 cm³/mol. The molecule has 4 aromatic rings. The van der Waals surface area contributed by atoms with Crippen molar-refractivity contribution >= 4 is 90.2 Å². The van der Waals surface area contributed by atoms with Crippen LogP contribution in [0.5, 0.6) is 11.5 Å². The van der Waals surface area contributed by atoms with Crippen molar-refractivity contribution in [2.24, 2.45) is 0 Å². The molecule has 0 aliphatic heterocycles. The van der Waals surface area contributed by atoms with Crippen molar-refractivity contribution in [3.05, 3.63) is 72.4 Å². The van der Waals surface area contributed by atoms with E-state index in [1.54, 1.807) is 36.7 Å². The maximum Gasteiger partial charge on any atom is 0.155 e. The Hall–Kier alpha value is -0.217. The van der Waals surface area contributed by atoms with Crippen LogP contribution >= 0.6 is 68.4 Å². The minimum Gasteiger partial charge on any atom is -0.505 e. The van der Waals surface area contributed by atoms with Gasteiger partial charge in [0.05, 0.1) is 17.2 Å². The van der Waals surface area contributed by atoms with Crippen molar-refractivity contribution in [3.8, 4) is 11.5 Å². The summed E-state index contributed by atoms with van der Waals surface area (Å²) < 4.78 is 1.43. The molecule has 2 aromatic heterocycles. The van der Waals surface area contributed by atoms with E-state index in [0.29, 0.717) is 28.2 Å². The Balaban J connectivity index is 0.000000258. The maximum absolute atomic E-state index is 9.65. The van der Waals surface area contributed by atoms with Gasteiger partial charge in [-0.15, -0.1) is 0 Å². The maximum atomic E-state index is 9.65. The summed E-state index contributed by atoms with van der Waals surface area (Å²) in [5, 5.41) is 22.1. The Morgan fingerprint density at radius 3 is 1.47 bits per heavy atom. The molecule has 0 aliphatic rings. The summed E-state index contributed by atoms with van der Waals surface area (Å²) in [5.41, 5.74) is 1.11. The number of aromatic hydroxyl groups is 2. The molecule has 0 saturated heterocycles. The SMILES string of the molecule is C[CH-]C.Oc1c(I)cc(Cl)c2cccnc12.Oc1c(I)cc(Cl)c2cccnc12.[Zr]. The number of benzene rings is 2. The van der Waals surface area contributed by atoms with Crippen LogP contribution in [0.2, 0.25) is 10.0 Å². The smallest absolute Gasteiger partial charge is 0.155 e. The molecule has 4 rings (SSSR count). The van der Waals surface area contributed by atoms with Gasteiger partial charge in [0.1, 0.15) is 11.0 Å². The summed E-state index contributed by atoms with van der Waals surface area (Å²) in [6.07, 6.45) is 5.27. The zero-order chi connectivity index (χ0) is 21.6. The number of hydrogen-bond donors (Lipinski definition) is 2. The van der Waals surface area contributed by atoms with Crippen molar-refractivity contribution < 1.29 is 36.4 Å². The summed E-state index contributed by atoms with van der Waals surface area (Å²) >= 11 is 16.0. The summed E-state index contributed by atoms with van der Waals surface area (Å²) in [5.74, 6) is 0.390. The van der Waals surface area contributed by atoms with Crippen LogP contribution in [-0.4, -0.2) is 20.2 Å². The Morgan fingerprint density at radius 1 is 0.800 bits per heavy atom. The molecule has 2 aromatic carbocycles. The number of rotatable bonds is 0. The molecule has 4 nitrogen and oxygen atoms in total. The number of pyridine rings is 2. The van der Waals surface area contributed by atoms with E-state index in [1.807, 2.05) is 77.6 Å². The van der Waals surface area contributed by atoms with Gasteiger partial charge in [0.25, 0.3) is 0 Å². The molecule has 0 bridgehead atoms.